The van der Waals surface area contributed by atoms with Gasteiger partial charge in [-0.15, -0.1) is 0 Å². The molecule has 0 spiro atoms. The van der Waals surface area contributed by atoms with E-state index in [0.717, 1.165) is 17.8 Å². The van der Waals surface area contributed by atoms with E-state index in [2.05, 4.69) is 30.4 Å². The Labute approximate surface area is 120 Å². The van der Waals surface area contributed by atoms with Gasteiger partial charge in [-0.1, -0.05) is 31.5 Å². The van der Waals surface area contributed by atoms with Gasteiger partial charge < -0.3 is 11.1 Å². The van der Waals surface area contributed by atoms with E-state index in [4.69, 9.17) is 11.0 Å². The molecule has 0 unspecified atom stereocenters. The monoisotopic (exact) mass is 265 g/mol. The van der Waals surface area contributed by atoms with Crippen molar-refractivity contribution in [3.8, 4) is 6.07 Å². The molecule has 0 amide bonds. The Morgan fingerprint density at radius 1 is 1.15 bits per heavy atom. The molecule has 0 heterocycles. The summed E-state index contributed by atoms with van der Waals surface area (Å²) in [4.78, 5) is 0. The van der Waals surface area contributed by atoms with Gasteiger partial charge in [0.2, 0.25) is 0 Å². The van der Waals surface area contributed by atoms with E-state index in [1.807, 2.05) is 24.3 Å². The van der Waals surface area contributed by atoms with Crippen LogP contribution in [0.1, 0.15) is 30.9 Å². The lowest BCUT2D eigenvalue weighted by Gasteiger charge is -2.10. The van der Waals surface area contributed by atoms with Crippen LogP contribution in [-0.2, 0) is 6.42 Å². The van der Waals surface area contributed by atoms with Gasteiger partial charge in [0.05, 0.1) is 16.9 Å². The van der Waals surface area contributed by atoms with Crippen molar-refractivity contribution in [3.05, 3.63) is 53.6 Å². The highest BCUT2D eigenvalue weighted by Crippen LogP contribution is 2.26. The van der Waals surface area contributed by atoms with Gasteiger partial charge in [0.1, 0.15) is 6.07 Å². The van der Waals surface area contributed by atoms with E-state index in [0.29, 0.717) is 11.3 Å². The number of benzene rings is 2. The lowest BCUT2D eigenvalue weighted by molar-refractivity contribution is 0.795. The zero-order valence-corrected chi connectivity index (χ0v) is 11.7. The molecular formula is C17H19N3. The number of nitriles is 1. The Balaban J connectivity index is 2.13. The van der Waals surface area contributed by atoms with E-state index < -0.39 is 0 Å². The van der Waals surface area contributed by atoms with Crippen LogP contribution in [0.15, 0.2) is 42.5 Å². The second-order valence-electron chi connectivity index (χ2n) is 4.80. The SMILES string of the molecule is CCCCc1ccc(Nc2cccc(C#N)c2N)cc1. The van der Waals surface area contributed by atoms with Gasteiger partial charge in [0.15, 0.2) is 0 Å². The molecule has 2 rings (SSSR count). The summed E-state index contributed by atoms with van der Waals surface area (Å²) < 4.78 is 0. The van der Waals surface area contributed by atoms with Crippen molar-refractivity contribution in [2.45, 2.75) is 26.2 Å². The van der Waals surface area contributed by atoms with Crippen LogP contribution in [0.3, 0.4) is 0 Å². The molecule has 0 fully saturated rings. The van der Waals surface area contributed by atoms with Crippen molar-refractivity contribution in [1.29, 1.82) is 5.26 Å². The van der Waals surface area contributed by atoms with Gasteiger partial charge in [-0.2, -0.15) is 5.26 Å². The number of nitrogens with zero attached hydrogens (tertiary/aromatic N) is 1. The molecule has 3 heteroatoms. The van der Waals surface area contributed by atoms with Crippen LogP contribution < -0.4 is 11.1 Å². The summed E-state index contributed by atoms with van der Waals surface area (Å²) in [6, 6.07) is 15.9. The number of rotatable bonds is 5. The molecule has 102 valence electrons. The zero-order valence-electron chi connectivity index (χ0n) is 11.7. The fraction of sp³-hybridized carbons (Fsp3) is 0.235. The molecule has 0 saturated carbocycles. The summed E-state index contributed by atoms with van der Waals surface area (Å²) in [6.45, 7) is 2.20. The number of unbranched alkanes of at least 4 members (excludes halogenated alkanes) is 1. The molecular weight excluding hydrogens is 246 g/mol. The van der Waals surface area contributed by atoms with E-state index >= 15 is 0 Å². The zero-order chi connectivity index (χ0) is 14.4. The first-order valence-corrected chi connectivity index (χ1v) is 6.89. The number of para-hydroxylation sites is 1. The van der Waals surface area contributed by atoms with Gasteiger partial charge in [0, 0.05) is 5.69 Å². The van der Waals surface area contributed by atoms with Crippen molar-refractivity contribution in [1.82, 2.24) is 0 Å². The second-order valence-corrected chi connectivity index (χ2v) is 4.80. The Morgan fingerprint density at radius 2 is 1.90 bits per heavy atom. The van der Waals surface area contributed by atoms with Crippen LogP contribution in [0.5, 0.6) is 0 Å². The molecule has 0 aliphatic carbocycles. The number of nitrogen functional groups attached to an aromatic ring is 1. The van der Waals surface area contributed by atoms with Gasteiger partial charge in [-0.25, -0.2) is 0 Å². The highest BCUT2D eigenvalue weighted by Gasteiger charge is 2.04. The highest BCUT2D eigenvalue weighted by molar-refractivity contribution is 5.77. The smallest absolute Gasteiger partial charge is 0.101 e. The minimum Gasteiger partial charge on any atom is -0.396 e. The van der Waals surface area contributed by atoms with E-state index in [9.17, 15) is 0 Å². The number of hydrogen-bond acceptors (Lipinski definition) is 3. The van der Waals surface area contributed by atoms with Crippen LogP contribution in [0.25, 0.3) is 0 Å². The lowest BCUT2D eigenvalue weighted by atomic mass is 10.1. The normalized spacial score (nSPS) is 10.0. The largest absolute Gasteiger partial charge is 0.396 e. The predicted octanol–water partition coefficient (Wildman–Crippen LogP) is 4.23. The summed E-state index contributed by atoms with van der Waals surface area (Å²) in [6.07, 6.45) is 3.53. The Kier molecular flexibility index (Phi) is 4.62. The molecule has 3 nitrogen and oxygen atoms in total. The van der Waals surface area contributed by atoms with Gasteiger partial charge in [-0.05, 0) is 42.7 Å². The third kappa shape index (κ3) is 3.30. The first-order valence-electron chi connectivity index (χ1n) is 6.89. The van der Waals surface area contributed by atoms with Crippen LogP contribution in [0.2, 0.25) is 0 Å². The van der Waals surface area contributed by atoms with Gasteiger partial charge >= 0.3 is 0 Å². The maximum Gasteiger partial charge on any atom is 0.101 e. The van der Waals surface area contributed by atoms with Crippen molar-refractivity contribution in [3.63, 3.8) is 0 Å². The maximum absolute atomic E-state index is 8.97. The van der Waals surface area contributed by atoms with Crippen molar-refractivity contribution in [2.24, 2.45) is 0 Å². The number of aryl methyl sites for hydroxylation is 1. The summed E-state index contributed by atoms with van der Waals surface area (Å²) in [5.41, 5.74) is 10.0. The molecule has 0 saturated heterocycles. The average Bonchev–Trinajstić information content (AvgIpc) is 2.48. The third-order valence-electron chi connectivity index (χ3n) is 3.28. The fourth-order valence-electron chi connectivity index (χ4n) is 2.06. The van der Waals surface area contributed by atoms with Gasteiger partial charge in [-0.3, -0.25) is 0 Å². The molecule has 0 aliphatic heterocycles. The summed E-state index contributed by atoms with van der Waals surface area (Å²) >= 11 is 0. The van der Waals surface area contributed by atoms with Crippen LogP contribution in [0, 0.1) is 11.3 Å². The maximum atomic E-state index is 8.97. The van der Waals surface area contributed by atoms with Crippen LogP contribution >= 0.6 is 0 Å². The minimum atomic E-state index is 0.491. The number of hydrogen-bond donors (Lipinski definition) is 2. The predicted molar refractivity (Wildman–Crippen MR) is 83.9 cm³/mol. The van der Waals surface area contributed by atoms with Crippen LogP contribution in [-0.4, -0.2) is 0 Å². The average molecular weight is 265 g/mol. The van der Waals surface area contributed by atoms with E-state index in [1.54, 1.807) is 6.07 Å². The topological polar surface area (TPSA) is 61.8 Å². The molecule has 2 aromatic rings. The molecule has 0 radical (unpaired) electrons. The highest BCUT2D eigenvalue weighted by atomic mass is 14.9. The minimum absolute atomic E-state index is 0.491. The van der Waals surface area contributed by atoms with Gasteiger partial charge in [0.25, 0.3) is 0 Å². The molecule has 0 bridgehead atoms. The molecule has 2 aromatic carbocycles. The number of nitrogens with one attached hydrogen (secondary N) is 1. The Bertz CT molecular complexity index is 609. The van der Waals surface area contributed by atoms with Crippen molar-refractivity contribution >= 4 is 17.1 Å². The quantitative estimate of drug-likeness (QED) is 0.795. The standard InChI is InChI=1S/C17H19N3/c1-2-3-5-13-8-10-15(11-9-13)20-16-7-4-6-14(12-18)17(16)19/h4,6-11,20H,2-3,5,19H2,1H3. The first kappa shape index (κ1) is 14.0. The molecule has 0 atom stereocenters. The van der Waals surface area contributed by atoms with E-state index in [1.165, 1.54) is 18.4 Å². The molecule has 3 N–H and O–H groups in total. The lowest BCUT2D eigenvalue weighted by Crippen LogP contribution is -1.98. The van der Waals surface area contributed by atoms with Crippen molar-refractivity contribution in [2.75, 3.05) is 11.1 Å². The van der Waals surface area contributed by atoms with Crippen LogP contribution in [0.4, 0.5) is 17.1 Å². The molecule has 0 aromatic heterocycles. The Hall–Kier alpha value is -2.47. The second kappa shape index (κ2) is 6.63. The Morgan fingerprint density at radius 3 is 2.55 bits per heavy atom. The summed E-state index contributed by atoms with van der Waals surface area (Å²) in [7, 11) is 0. The first-order chi connectivity index (χ1) is 9.74. The molecule has 20 heavy (non-hydrogen) atoms. The third-order valence-corrected chi connectivity index (χ3v) is 3.28. The molecule has 0 aliphatic rings. The summed E-state index contributed by atoms with van der Waals surface area (Å²) in [5, 5.41) is 12.2. The number of nitrogens with two attached hydrogens (primary N) is 1. The van der Waals surface area contributed by atoms with E-state index in [-0.39, 0.29) is 0 Å². The fourth-order valence-corrected chi connectivity index (χ4v) is 2.06. The number of anilines is 3. The summed E-state index contributed by atoms with van der Waals surface area (Å²) in [5.74, 6) is 0. The van der Waals surface area contributed by atoms with Crippen molar-refractivity contribution < 1.29 is 0 Å².